The molecule has 0 aliphatic carbocycles. The van der Waals surface area contributed by atoms with Crippen molar-refractivity contribution in [1.82, 2.24) is 14.6 Å². The number of imidazole rings is 1. The van der Waals surface area contributed by atoms with E-state index in [4.69, 9.17) is 9.57 Å². The van der Waals surface area contributed by atoms with Crippen LogP contribution >= 0.6 is 0 Å². The van der Waals surface area contributed by atoms with Crippen molar-refractivity contribution in [3.63, 3.8) is 0 Å². The zero-order valence-corrected chi connectivity index (χ0v) is 13.7. The molecule has 0 bridgehead atoms. The van der Waals surface area contributed by atoms with E-state index in [2.05, 4.69) is 4.98 Å². The molecule has 0 radical (unpaired) electrons. The second kappa shape index (κ2) is 7.14. The third-order valence-electron chi connectivity index (χ3n) is 3.76. The largest absolute Gasteiger partial charge is 0.486 e. The van der Waals surface area contributed by atoms with Crippen LogP contribution in [-0.4, -0.2) is 34.7 Å². The van der Waals surface area contributed by atoms with Gasteiger partial charge >= 0.3 is 0 Å². The van der Waals surface area contributed by atoms with Crippen LogP contribution in [-0.2, 0) is 22.8 Å². The smallest absolute Gasteiger partial charge is 0.265 e. The van der Waals surface area contributed by atoms with Crippen molar-refractivity contribution in [3.8, 4) is 5.75 Å². The summed E-state index contributed by atoms with van der Waals surface area (Å²) in [7, 11) is 3.05. The molecule has 0 atom stereocenters. The number of benzene rings is 2. The van der Waals surface area contributed by atoms with E-state index in [1.54, 1.807) is 7.05 Å². The molecule has 0 fully saturated rings. The number of likely N-dealkylation sites (N-methyl/N-ethyl adjacent to an activating group) is 1. The normalized spacial score (nSPS) is 10.8. The number of fused-ring (bicyclic) bond motifs is 1. The van der Waals surface area contributed by atoms with Gasteiger partial charge in [-0.25, -0.2) is 10.0 Å². The summed E-state index contributed by atoms with van der Waals surface area (Å²) >= 11 is 0. The highest BCUT2D eigenvalue weighted by atomic mass is 16.7. The summed E-state index contributed by atoms with van der Waals surface area (Å²) in [6.07, 6.45) is 0. The standard InChI is InChI=1S/C18H19N3O3/c1-20(23-2)18(22)12-21-16-11-7-6-10-15(16)19-17(21)13-24-14-8-4-3-5-9-14/h3-11H,12-13H2,1-2H3. The Hall–Kier alpha value is -2.86. The van der Waals surface area contributed by atoms with Gasteiger partial charge in [-0.3, -0.25) is 9.63 Å². The Kier molecular flexibility index (Phi) is 4.77. The van der Waals surface area contributed by atoms with E-state index in [1.807, 2.05) is 59.2 Å². The summed E-state index contributed by atoms with van der Waals surface area (Å²) in [6.45, 7) is 0.418. The highest BCUT2D eigenvalue weighted by Gasteiger charge is 2.16. The van der Waals surface area contributed by atoms with E-state index < -0.39 is 0 Å². The molecule has 0 saturated heterocycles. The van der Waals surface area contributed by atoms with E-state index in [-0.39, 0.29) is 19.1 Å². The minimum absolute atomic E-state index is 0.137. The minimum atomic E-state index is -0.165. The fourth-order valence-corrected chi connectivity index (χ4v) is 2.41. The van der Waals surface area contributed by atoms with Gasteiger partial charge in [-0.2, -0.15) is 0 Å². The monoisotopic (exact) mass is 325 g/mol. The Morgan fingerprint density at radius 1 is 1.12 bits per heavy atom. The first-order valence-electron chi connectivity index (χ1n) is 7.61. The number of ether oxygens (including phenoxy) is 1. The first-order chi connectivity index (χ1) is 11.7. The number of hydrogen-bond acceptors (Lipinski definition) is 4. The summed E-state index contributed by atoms with van der Waals surface area (Å²) in [5.41, 5.74) is 1.72. The molecule has 6 heteroatoms. The number of aromatic nitrogens is 2. The highest BCUT2D eigenvalue weighted by Crippen LogP contribution is 2.18. The van der Waals surface area contributed by atoms with E-state index in [0.29, 0.717) is 5.82 Å². The molecule has 6 nitrogen and oxygen atoms in total. The predicted molar refractivity (Wildman–Crippen MR) is 90.3 cm³/mol. The highest BCUT2D eigenvalue weighted by molar-refractivity contribution is 5.80. The van der Waals surface area contributed by atoms with Crippen LogP contribution in [0.15, 0.2) is 54.6 Å². The van der Waals surface area contributed by atoms with Gasteiger partial charge in [0.05, 0.1) is 18.1 Å². The number of carbonyl (C=O) groups excluding carboxylic acids is 1. The fourth-order valence-electron chi connectivity index (χ4n) is 2.41. The number of hydroxylamine groups is 2. The number of rotatable bonds is 6. The molecule has 24 heavy (non-hydrogen) atoms. The van der Waals surface area contributed by atoms with Crippen LogP contribution in [0.4, 0.5) is 0 Å². The van der Waals surface area contributed by atoms with Crippen LogP contribution in [0.1, 0.15) is 5.82 Å². The summed E-state index contributed by atoms with van der Waals surface area (Å²) in [4.78, 5) is 21.8. The topological polar surface area (TPSA) is 56.6 Å². The Bertz CT molecular complexity index is 830. The lowest BCUT2D eigenvalue weighted by Crippen LogP contribution is -2.29. The predicted octanol–water partition coefficient (Wildman–Crippen LogP) is 2.64. The first kappa shape index (κ1) is 16.0. The molecule has 0 N–H and O–H groups in total. The quantitative estimate of drug-likeness (QED) is 0.654. The maximum atomic E-state index is 12.2. The van der Waals surface area contributed by atoms with Crippen molar-refractivity contribution < 1.29 is 14.4 Å². The van der Waals surface area contributed by atoms with Crippen LogP contribution in [0.25, 0.3) is 11.0 Å². The molecule has 124 valence electrons. The van der Waals surface area contributed by atoms with Gasteiger partial charge in [-0.1, -0.05) is 30.3 Å². The van der Waals surface area contributed by atoms with Gasteiger partial charge in [-0.15, -0.1) is 0 Å². The molecular weight excluding hydrogens is 306 g/mol. The Morgan fingerprint density at radius 2 is 1.83 bits per heavy atom. The molecule has 0 aliphatic rings. The van der Waals surface area contributed by atoms with Crippen LogP contribution in [0.2, 0.25) is 0 Å². The third kappa shape index (κ3) is 3.38. The summed E-state index contributed by atoms with van der Waals surface area (Å²) in [5.74, 6) is 1.29. The fraction of sp³-hybridized carbons (Fsp3) is 0.222. The molecule has 3 rings (SSSR count). The molecule has 1 aromatic heterocycles. The van der Waals surface area contributed by atoms with Crippen molar-refractivity contribution in [2.45, 2.75) is 13.2 Å². The van der Waals surface area contributed by atoms with E-state index in [9.17, 15) is 4.79 Å². The summed E-state index contributed by atoms with van der Waals surface area (Å²) in [6, 6.07) is 17.2. The van der Waals surface area contributed by atoms with Crippen LogP contribution in [0.5, 0.6) is 5.75 Å². The summed E-state index contributed by atoms with van der Waals surface area (Å²) in [5, 5.41) is 1.20. The summed E-state index contributed by atoms with van der Waals surface area (Å²) < 4.78 is 7.65. The molecule has 1 heterocycles. The molecular formula is C18H19N3O3. The number of para-hydroxylation sites is 3. The lowest BCUT2D eigenvalue weighted by atomic mass is 10.3. The number of amides is 1. The van der Waals surface area contributed by atoms with Crippen molar-refractivity contribution in [3.05, 3.63) is 60.4 Å². The molecule has 2 aromatic carbocycles. The molecule has 0 spiro atoms. The number of carbonyl (C=O) groups is 1. The first-order valence-corrected chi connectivity index (χ1v) is 7.61. The Morgan fingerprint density at radius 3 is 2.58 bits per heavy atom. The molecule has 0 unspecified atom stereocenters. The second-order valence-electron chi connectivity index (χ2n) is 5.28. The third-order valence-corrected chi connectivity index (χ3v) is 3.76. The average Bonchev–Trinajstić information content (AvgIpc) is 2.97. The van der Waals surface area contributed by atoms with Crippen molar-refractivity contribution in [2.75, 3.05) is 14.2 Å². The molecule has 1 amide bonds. The Labute approximate surface area is 140 Å². The number of hydrogen-bond donors (Lipinski definition) is 0. The Balaban J connectivity index is 1.88. The van der Waals surface area contributed by atoms with E-state index in [0.717, 1.165) is 16.8 Å². The maximum Gasteiger partial charge on any atom is 0.265 e. The van der Waals surface area contributed by atoms with Crippen molar-refractivity contribution in [1.29, 1.82) is 0 Å². The van der Waals surface area contributed by atoms with Crippen molar-refractivity contribution in [2.24, 2.45) is 0 Å². The second-order valence-corrected chi connectivity index (χ2v) is 5.28. The van der Waals surface area contributed by atoms with Gasteiger partial charge in [0.25, 0.3) is 5.91 Å². The van der Waals surface area contributed by atoms with Gasteiger partial charge in [-0.05, 0) is 24.3 Å². The van der Waals surface area contributed by atoms with Gasteiger partial charge < -0.3 is 9.30 Å². The van der Waals surface area contributed by atoms with Crippen LogP contribution in [0.3, 0.4) is 0 Å². The maximum absolute atomic E-state index is 12.2. The number of nitrogens with zero attached hydrogens (tertiary/aromatic N) is 3. The zero-order chi connectivity index (χ0) is 16.9. The average molecular weight is 325 g/mol. The molecule has 3 aromatic rings. The molecule has 0 saturated carbocycles. The minimum Gasteiger partial charge on any atom is -0.486 e. The lowest BCUT2D eigenvalue weighted by molar-refractivity contribution is -0.169. The van der Waals surface area contributed by atoms with Gasteiger partial charge in [0, 0.05) is 7.05 Å². The van der Waals surface area contributed by atoms with Crippen molar-refractivity contribution >= 4 is 16.9 Å². The van der Waals surface area contributed by atoms with Gasteiger partial charge in [0.1, 0.15) is 24.7 Å². The molecule has 0 aliphatic heterocycles. The SMILES string of the molecule is CON(C)C(=O)Cn1c(COc2ccccc2)nc2ccccc21. The zero-order valence-electron chi connectivity index (χ0n) is 13.7. The van der Waals surface area contributed by atoms with E-state index >= 15 is 0 Å². The lowest BCUT2D eigenvalue weighted by Gasteiger charge is -2.15. The van der Waals surface area contributed by atoms with Gasteiger partial charge in [0.2, 0.25) is 0 Å². The van der Waals surface area contributed by atoms with Crippen LogP contribution < -0.4 is 4.74 Å². The van der Waals surface area contributed by atoms with E-state index in [1.165, 1.54) is 12.2 Å². The van der Waals surface area contributed by atoms with Gasteiger partial charge in [0.15, 0.2) is 0 Å². The van der Waals surface area contributed by atoms with Crippen LogP contribution in [0, 0.1) is 0 Å².